The highest BCUT2D eigenvalue weighted by Crippen LogP contribution is 2.45. The van der Waals surface area contributed by atoms with E-state index >= 15 is 4.39 Å². The number of fused-ring (bicyclic) bond motifs is 1. The summed E-state index contributed by atoms with van der Waals surface area (Å²) in [4.78, 5) is 0. The van der Waals surface area contributed by atoms with Gasteiger partial charge in [0, 0.05) is 22.9 Å². The van der Waals surface area contributed by atoms with E-state index in [1.54, 1.807) is 19.4 Å². The lowest BCUT2D eigenvalue weighted by molar-refractivity contribution is 0.370. The molecule has 0 aromatic heterocycles. The largest absolute Gasteiger partial charge is 0.496 e. The van der Waals surface area contributed by atoms with E-state index in [4.69, 9.17) is 10.5 Å². The zero-order valence-electron chi connectivity index (χ0n) is 14.5. The lowest BCUT2D eigenvalue weighted by Gasteiger charge is -2.42. The molecule has 2 aliphatic rings. The molecule has 0 atom stereocenters. The van der Waals surface area contributed by atoms with Crippen LogP contribution in [0.15, 0.2) is 36.5 Å². The van der Waals surface area contributed by atoms with E-state index in [1.165, 1.54) is 12.5 Å². The number of benzene rings is 2. The van der Waals surface area contributed by atoms with Gasteiger partial charge in [-0.2, -0.15) is 0 Å². The summed E-state index contributed by atoms with van der Waals surface area (Å²) in [5.74, 6) is 0.378. The fraction of sp³-hybridized carbons (Fsp3) is 0.300. The van der Waals surface area contributed by atoms with Crippen molar-refractivity contribution in [1.29, 1.82) is 0 Å². The van der Waals surface area contributed by atoms with Gasteiger partial charge in [-0.25, -0.2) is 4.39 Å². The van der Waals surface area contributed by atoms with Crippen LogP contribution in [-0.2, 0) is 0 Å². The predicted octanol–water partition coefficient (Wildman–Crippen LogP) is 3.94. The number of aryl methyl sites for hydroxylation is 1. The van der Waals surface area contributed by atoms with Gasteiger partial charge in [0.15, 0.2) is 0 Å². The smallest absolute Gasteiger partial charge is 0.133 e. The van der Waals surface area contributed by atoms with Crippen LogP contribution in [0.25, 0.3) is 16.8 Å². The molecular formula is C20H22FN3O. The molecule has 0 bridgehead atoms. The number of nitrogens with two attached hydrogens (primary N) is 1. The number of hydrogen-bond acceptors (Lipinski definition) is 4. The van der Waals surface area contributed by atoms with E-state index in [0.717, 1.165) is 35.2 Å². The molecule has 1 aliphatic carbocycles. The molecule has 4 nitrogen and oxygen atoms in total. The molecule has 130 valence electrons. The first kappa shape index (κ1) is 15.8. The van der Waals surface area contributed by atoms with E-state index in [9.17, 15) is 0 Å². The summed E-state index contributed by atoms with van der Waals surface area (Å²) in [5, 5.41) is 2.06. The van der Waals surface area contributed by atoms with Gasteiger partial charge in [-0.3, -0.25) is 5.01 Å². The van der Waals surface area contributed by atoms with Crippen LogP contribution in [0.5, 0.6) is 5.75 Å². The molecule has 3 N–H and O–H groups in total. The van der Waals surface area contributed by atoms with Gasteiger partial charge in [0.2, 0.25) is 0 Å². The Morgan fingerprint density at radius 3 is 2.68 bits per heavy atom. The molecular weight excluding hydrogens is 317 g/mol. The van der Waals surface area contributed by atoms with Crippen molar-refractivity contribution in [2.24, 2.45) is 5.73 Å². The number of hydrazine groups is 1. The SMILES string of the molecule is COc1ccc(C)cc1-c1c(F)ccc2c1N(C1CCC1)NC=C2N. The Labute approximate surface area is 147 Å². The Kier molecular flexibility index (Phi) is 3.79. The van der Waals surface area contributed by atoms with Crippen molar-refractivity contribution in [2.45, 2.75) is 32.2 Å². The number of ether oxygens (including phenoxy) is 1. The van der Waals surface area contributed by atoms with E-state index in [1.807, 2.05) is 25.1 Å². The third-order valence-corrected chi connectivity index (χ3v) is 5.10. The van der Waals surface area contributed by atoms with Crippen LogP contribution in [0.4, 0.5) is 10.1 Å². The number of methoxy groups -OCH3 is 1. The van der Waals surface area contributed by atoms with Gasteiger partial charge in [0.05, 0.1) is 24.5 Å². The van der Waals surface area contributed by atoms with Gasteiger partial charge in [0.25, 0.3) is 0 Å². The summed E-state index contributed by atoms with van der Waals surface area (Å²) < 4.78 is 20.5. The van der Waals surface area contributed by atoms with Gasteiger partial charge in [-0.15, -0.1) is 0 Å². The molecule has 1 heterocycles. The number of hydrogen-bond donors (Lipinski definition) is 2. The molecule has 25 heavy (non-hydrogen) atoms. The third-order valence-electron chi connectivity index (χ3n) is 5.10. The molecule has 4 rings (SSSR count). The summed E-state index contributed by atoms with van der Waals surface area (Å²) in [6.07, 6.45) is 5.15. The topological polar surface area (TPSA) is 50.5 Å². The monoisotopic (exact) mass is 339 g/mol. The van der Waals surface area contributed by atoms with E-state index in [-0.39, 0.29) is 5.82 Å². The first-order chi connectivity index (χ1) is 12.1. The second-order valence-electron chi connectivity index (χ2n) is 6.71. The Hall–Kier alpha value is -2.69. The second kappa shape index (κ2) is 5.99. The average molecular weight is 339 g/mol. The fourth-order valence-electron chi connectivity index (χ4n) is 3.54. The van der Waals surface area contributed by atoms with Crippen LogP contribution in [0.3, 0.4) is 0 Å². The first-order valence-corrected chi connectivity index (χ1v) is 8.59. The van der Waals surface area contributed by atoms with Gasteiger partial charge >= 0.3 is 0 Å². The summed E-state index contributed by atoms with van der Waals surface area (Å²) in [6, 6.07) is 9.40. The van der Waals surface area contributed by atoms with Crippen molar-refractivity contribution < 1.29 is 9.13 Å². The van der Waals surface area contributed by atoms with Crippen molar-refractivity contribution in [3.63, 3.8) is 0 Å². The number of nitrogens with zero attached hydrogens (tertiary/aromatic N) is 1. The molecule has 0 radical (unpaired) electrons. The minimum absolute atomic E-state index is 0.275. The number of anilines is 1. The maximum absolute atomic E-state index is 15.0. The zero-order valence-corrected chi connectivity index (χ0v) is 14.5. The molecule has 1 saturated carbocycles. The normalized spacial score (nSPS) is 16.6. The van der Waals surface area contributed by atoms with E-state index in [2.05, 4.69) is 10.4 Å². The molecule has 1 fully saturated rings. The molecule has 2 aromatic rings. The Morgan fingerprint density at radius 2 is 2.00 bits per heavy atom. The zero-order chi connectivity index (χ0) is 17.6. The minimum atomic E-state index is -0.275. The van der Waals surface area contributed by atoms with Crippen LogP contribution >= 0.6 is 0 Å². The Bertz CT molecular complexity index is 858. The minimum Gasteiger partial charge on any atom is -0.496 e. The van der Waals surface area contributed by atoms with Crippen molar-refractivity contribution in [3.8, 4) is 16.9 Å². The highest BCUT2D eigenvalue weighted by atomic mass is 19.1. The van der Waals surface area contributed by atoms with Gasteiger partial charge in [-0.05, 0) is 50.5 Å². The standard InChI is InChI=1S/C20H22FN3O/c1-12-6-9-18(25-2)15(10-12)19-16(21)8-7-14-17(22)11-23-24(20(14)19)13-4-3-5-13/h6-11,13,23H,3-5,22H2,1-2H3. The molecule has 1 aliphatic heterocycles. The van der Waals surface area contributed by atoms with Crippen molar-refractivity contribution in [2.75, 3.05) is 12.1 Å². The summed E-state index contributed by atoms with van der Waals surface area (Å²) >= 11 is 0. The number of nitrogens with one attached hydrogen (secondary N) is 1. The summed E-state index contributed by atoms with van der Waals surface area (Å²) in [6.45, 7) is 1.99. The number of rotatable bonds is 3. The van der Waals surface area contributed by atoms with Gasteiger partial charge in [-0.1, -0.05) is 11.6 Å². The fourth-order valence-corrected chi connectivity index (χ4v) is 3.54. The highest BCUT2D eigenvalue weighted by Gasteiger charge is 2.33. The van der Waals surface area contributed by atoms with Crippen molar-refractivity contribution >= 4 is 11.4 Å². The Morgan fingerprint density at radius 1 is 1.20 bits per heavy atom. The van der Waals surface area contributed by atoms with Crippen LogP contribution in [0, 0.1) is 12.7 Å². The van der Waals surface area contributed by atoms with Crippen LogP contribution in [0.1, 0.15) is 30.4 Å². The molecule has 0 spiro atoms. The summed E-state index contributed by atoms with van der Waals surface area (Å²) in [7, 11) is 1.61. The maximum Gasteiger partial charge on any atom is 0.133 e. The molecule has 2 aromatic carbocycles. The van der Waals surface area contributed by atoms with Crippen LogP contribution in [-0.4, -0.2) is 13.2 Å². The van der Waals surface area contributed by atoms with E-state index in [0.29, 0.717) is 23.1 Å². The highest BCUT2D eigenvalue weighted by molar-refractivity contribution is 5.91. The molecule has 0 unspecified atom stereocenters. The lowest BCUT2D eigenvalue weighted by Crippen LogP contribution is -2.49. The van der Waals surface area contributed by atoms with Crippen LogP contribution in [0.2, 0.25) is 0 Å². The maximum atomic E-state index is 15.0. The first-order valence-electron chi connectivity index (χ1n) is 8.59. The van der Waals surface area contributed by atoms with Crippen molar-refractivity contribution in [3.05, 3.63) is 53.5 Å². The number of halogens is 1. The predicted molar refractivity (Wildman–Crippen MR) is 98.5 cm³/mol. The molecule has 0 amide bonds. The Balaban J connectivity index is 1.99. The molecule has 5 heteroatoms. The van der Waals surface area contributed by atoms with E-state index < -0.39 is 0 Å². The molecule has 0 saturated heterocycles. The van der Waals surface area contributed by atoms with Gasteiger partial charge < -0.3 is 15.9 Å². The lowest BCUT2D eigenvalue weighted by atomic mass is 9.89. The second-order valence-corrected chi connectivity index (χ2v) is 6.71. The quantitative estimate of drug-likeness (QED) is 0.889. The third kappa shape index (κ3) is 2.51. The average Bonchev–Trinajstić information content (AvgIpc) is 2.55. The van der Waals surface area contributed by atoms with Gasteiger partial charge in [0.1, 0.15) is 11.6 Å². The summed E-state index contributed by atoms with van der Waals surface area (Å²) in [5.41, 5.74) is 14.0. The van der Waals surface area contributed by atoms with Crippen molar-refractivity contribution in [1.82, 2.24) is 5.43 Å². The van der Waals surface area contributed by atoms with Crippen LogP contribution < -0.4 is 20.9 Å².